The molecule has 3 N–H and O–H groups in total. The number of nitrogens with zero attached hydrogens (tertiary/aromatic N) is 1. The molecule has 8 heteroatoms. The number of benzene rings is 1. The van der Waals surface area contributed by atoms with E-state index in [1.54, 1.807) is 12.1 Å². The van der Waals surface area contributed by atoms with Crippen LogP contribution in [0, 0.1) is 5.92 Å². The number of sulfonamides is 1. The van der Waals surface area contributed by atoms with E-state index in [1.165, 1.54) is 23.4 Å². The number of nitrogens with two attached hydrogens (primary N) is 1. The van der Waals surface area contributed by atoms with E-state index in [4.69, 9.17) is 5.73 Å². The molecule has 0 aliphatic carbocycles. The highest BCUT2D eigenvalue weighted by Gasteiger charge is 2.28. The predicted molar refractivity (Wildman–Crippen MR) is 88.5 cm³/mol. The molecule has 6 nitrogen and oxygen atoms in total. The van der Waals surface area contributed by atoms with Gasteiger partial charge in [-0.1, -0.05) is 0 Å². The zero-order valence-electron chi connectivity index (χ0n) is 12.5. The Morgan fingerprint density at radius 1 is 1.27 bits per heavy atom. The van der Waals surface area contributed by atoms with Crippen molar-refractivity contribution in [2.45, 2.75) is 24.7 Å². The highest BCUT2D eigenvalue weighted by atomic mass is 35.5. The molecule has 1 fully saturated rings. The Kier molecular flexibility index (Phi) is 6.80. The Hall–Kier alpha value is -1.15. The van der Waals surface area contributed by atoms with Gasteiger partial charge in [-0.2, -0.15) is 4.31 Å². The van der Waals surface area contributed by atoms with Crippen molar-refractivity contribution in [1.29, 1.82) is 0 Å². The first kappa shape index (κ1) is 18.9. The summed E-state index contributed by atoms with van der Waals surface area (Å²) < 4.78 is 26.6. The molecule has 1 aromatic carbocycles. The molecule has 0 bridgehead atoms. The van der Waals surface area contributed by atoms with E-state index in [0.29, 0.717) is 31.2 Å². The van der Waals surface area contributed by atoms with Crippen LogP contribution < -0.4 is 11.1 Å². The van der Waals surface area contributed by atoms with Gasteiger partial charge in [0, 0.05) is 25.7 Å². The van der Waals surface area contributed by atoms with Gasteiger partial charge in [-0.15, -0.1) is 12.4 Å². The van der Waals surface area contributed by atoms with Gasteiger partial charge in [-0.25, -0.2) is 8.42 Å². The molecule has 0 aromatic heterocycles. The minimum Gasteiger partial charge on any atom is -0.330 e. The summed E-state index contributed by atoms with van der Waals surface area (Å²) in [4.78, 5) is 11.2. The normalized spacial score (nSPS) is 16.8. The first-order valence-electron chi connectivity index (χ1n) is 7.01. The summed E-state index contributed by atoms with van der Waals surface area (Å²) in [5.74, 6) is 0.230. The summed E-state index contributed by atoms with van der Waals surface area (Å²) >= 11 is 0. The van der Waals surface area contributed by atoms with Crippen molar-refractivity contribution in [1.82, 2.24) is 4.31 Å². The van der Waals surface area contributed by atoms with Crippen LogP contribution in [-0.2, 0) is 14.8 Å². The van der Waals surface area contributed by atoms with Gasteiger partial charge in [-0.3, -0.25) is 4.79 Å². The lowest BCUT2D eigenvalue weighted by atomic mass is 9.99. The van der Waals surface area contributed by atoms with Crippen LogP contribution in [0.3, 0.4) is 0 Å². The lowest BCUT2D eigenvalue weighted by molar-refractivity contribution is -0.114. The lowest BCUT2D eigenvalue weighted by Gasteiger charge is -2.30. The third-order valence-electron chi connectivity index (χ3n) is 3.72. The Bertz CT molecular complexity index is 596. The summed E-state index contributed by atoms with van der Waals surface area (Å²) in [6.45, 7) is 3.04. The highest BCUT2D eigenvalue weighted by Crippen LogP contribution is 2.24. The predicted octanol–water partition coefficient (Wildman–Crippen LogP) is 1.43. The highest BCUT2D eigenvalue weighted by molar-refractivity contribution is 7.89. The Morgan fingerprint density at radius 2 is 1.82 bits per heavy atom. The van der Waals surface area contributed by atoms with Crippen LogP contribution in [0.25, 0.3) is 0 Å². The molecule has 0 radical (unpaired) electrons. The molecule has 0 unspecified atom stereocenters. The van der Waals surface area contributed by atoms with Crippen LogP contribution in [0.1, 0.15) is 19.8 Å². The molecular formula is C14H22ClN3O3S. The van der Waals surface area contributed by atoms with Gasteiger partial charge in [0.25, 0.3) is 0 Å². The second kappa shape index (κ2) is 7.92. The number of nitrogens with one attached hydrogen (secondary N) is 1. The molecule has 1 aromatic rings. The Morgan fingerprint density at radius 3 is 2.27 bits per heavy atom. The summed E-state index contributed by atoms with van der Waals surface area (Å²) in [5.41, 5.74) is 6.21. The van der Waals surface area contributed by atoms with Gasteiger partial charge in [0.2, 0.25) is 15.9 Å². The van der Waals surface area contributed by atoms with Crippen LogP contribution >= 0.6 is 12.4 Å². The first-order valence-corrected chi connectivity index (χ1v) is 8.45. The smallest absolute Gasteiger partial charge is 0.243 e. The zero-order valence-corrected chi connectivity index (χ0v) is 14.1. The molecule has 1 saturated heterocycles. The maximum absolute atomic E-state index is 12.5. The topological polar surface area (TPSA) is 92.5 Å². The molecule has 0 spiro atoms. The molecule has 0 atom stereocenters. The Labute approximate surface area is 137 Å². The molecular weight excluding hydrogens is 326 g/mol. The van der Waals surface area contributed by atoms with Gasteiger partial charge in [-0.05, 0) is 49.6 Å². The number of amides is 1. The largest absolute Gasteiger partial charge is 0.330 e. The van der Waals surface area contributed by atoms with Crippen molar-refractivity contribution < 1.29 is 13.2 Å². The summed E-state index contributed by atoms with van der Waals surface area (Å²) in [6, 6.07) is 6.24. The monoisotopic (exact) mass is 347 g/mol. The van der Waals surface area contributed by atoms with Crippen molar-refractivity contribution >= 4 is 34.0 Å². The molecule has 124 valence electrons. The van der Waals surface area contributed by atoms with E-state index in [-0.39, 0.29) is 23.2 Å². The second-order valence-electron chi connectivity index (χ2n) is 5.29. The fourth-order valence-electron chi connectivity index (χ4n) is 2.45. The molecule has 1 amide bonds. The van der Waals surface area contributed by atoms with Crippen molar-refractivity contribution in [3.63, 3.8) is 0 Å². The van der Waals surface area contributed by atoms with Crippen molar-refractivity contribution in [3.05, 3.63) is 24.3 Å². The lowest BCUT2D eigenvalue weighted by Crippen LogP contribution is -2.39. The van der Waals surface area contributed by atoms with E-state index in [2.05, 4.69) is 5.32 Å². The van der Waals surface area contributed by atoms with E-state index < -0.39 is 10.0 Å². The van der Waals surface area contributed by atoms with Crippen LogP contribution in [0.4, 0.5) is 5.69 Å². The summed E-state index contributed by atoms with van der Waals surface area (Å²) in [7, 11) is -3.46. The van der Waals surface area contributed by atoms with E-state index >= 15 is 0 Å². The van der Waals surface area contributed by atoms with E-state index in [9.17, 15) is 13.2 Å². The van der Waals surface area contributed by atoms with Crippen LogP contribution in [0.5, 0.6) is 0 Å². The standard InChI is InChI=1S/C14H21N3O3S.ClH/c1-11(18)16-13-2-4-14(5-3-13)21(19,20)17-8-6-12(10-15)7-9-17;/h2-5,12H,6-10,15H2,1H3,(H,16,18);1H. The average Bonchev–Trinajstić information content (AvgIpc) is 2.47. The second-order valence-corrected chi connectivity index (χ2v) is 7.23. The number of rotatable bonds is 4. The maximum atomic E-state index is 12.5. The molecule has 1 aliphatic heterocycles. The number of piperidine rings is 1. The van der Waals surface area contributed by atoms with Crippen molar-refractivity contribution in [3.8, 4) is 0 Å². The number of carbonyl (C=O) groups excluding carboxylic acids is 1. The molecule has 0 saturated carbocycles. The summed E-state index contributed by atoms with van der Waals surface area (Å²) in [5, 5.41) is 2.62. The molecule has 1 aliphatic rings. The first-order chi connectivity index (χ1) is 9.93. The van der Waals surface area contributed by atoms with E-state index in [0.717, 1.165) is 12.8 Å². The minimum atomic E-state index is -3.46. The quantitative estimate of drug-likeness (QED) is 0.861. The molecule has 22 heavy (non-hydrogen) atoms. The van der Waals surface area contributed by atoms with Gasteiger partial charge in [0.1, 0.15) is 0 Å². The average molecular weight is 348 g/mol. The van der Waals surface area contributed by atoms with Gasteiger partial charge >= 0.3 is 0 Å². The van der Waals surface area contributed by atoms with E-state index in [1.807, 2.05) is 0 Å². The zero-order chi connectivity index (χ0) is 15.5. The molecule has 1 heterocycles. The van der Waals surface area contributed by atoms with Crippen LogP contribution in [-0.4, -0.2) is 38.3 Å². The van der Waals surface area contributed by atoms with Gasteiger partial charge < -0.3 is 11.1 Å². The number of halogens is 1. The number of anilines is 1. The van der Waals surface area contributed by atoms with Gasteiger partial charge in [0.15, 0.2) is 0 Å². The number of hydrogen-bond donors (Lipinski definition) is 2. The third kappa shape index (κ3) is 4.42. The number of carbonyl (C=O) groups is 1. The number of hydrogen-bond acceptors (Lipinski definition) is 4. The summed E-state index contributed by atoms with van der Waals surface area (Å²) in [6.07, 6.45) is 1.61. The fraction of sp³-hybridized carbons (Fsp3) is 0.500. The van der Waals surface area contributed by atoms with Crippen molar-refractivity contribution in [2.75, 3.05) is 25.0 Å². The fourth-order valence-corrected chi connectivity index (χ4v) is 3.92. The minimum absolute atomic E-state index is 0. The van der Waals surface area contributed by atoms with Gasteiger partial charge in [0.05, 0.1) is 4.90 Å². The third-order valence-corrected chi connectivity index (χ3v) is 5.63. The Balaban J connectivity index is 0.00000242. The maximum Gasteiger partial charge on any atom is 0.243 e. The SMILES string of the molecule is CC(=O)Nc1ccc(S(=O)(=O)N2CCC(CN)CC2)cc1.Cl. The molecule has 2 rings (SSSR count). The van der Waals surface area contributed by atoms with Crippen LogP contribution in [0.2, 0.25) is 0 Å². The van der Waals surface area contributed by atoms with Crippen molar-refractivity contribution in [2.24, 2.45) is 11.7 Å². The van der Waals surface area contributed by atoms with Crippen LogP contribution in [0.15, 0.2) is 29.2 Å².